The van der Waals surface area contributed by atoms with Crippen LogP contribution in [0.2, 0.25) is 0 Å². The van der Waals surface area contributed by atoms with Crippen molar-refractivity contribution < 1.29 is 15.4 Å². The fourth-order valence-electron chi connectivity index (χ4n) is 0.732. The van der Waals surface area contributed by atoms with E-state index in [2.05, 4.69) is 11.3 Å². The second-order valence-corrected chi connectivity index (χ2v) is 2.37. The second kappa shape index (κ2) is 6.56. The molecular weight excluding hydrogens is 160 g/mol. The van der Waals surface area contributed by atoms with Crippen molar-refractivity contribution in [2.75, 3.05) is 0 Å². The lowest BCUT2D eigenvalue weighted by molar-refractivity contribution is -0.427. The molecule has 6 heteroatoms. The molecule has 0 aliphatic heterocycles. The van der Waals surface area contributed by atoms with Gasteiger partial charge in [-0.1, -0.05) is 0 Å². The zero-order chi connectivity index (χ0) is 9.40. The number of carbonyl (C=O) groups excluding carboxylic acids is 2. The van der Waals surface area contributed by atoms with Gasteiger partial charge in [0, 0.05) is 12.8 Å². The normalized spacial score (nSPS) is 9.17. The van der Waals surface area contributed by atoms with Gasteiger partial charge >= 0.3 is 0 Å². The van der Waals surface area contributed by atoms with Crippen molar-refractivity contribution >= 4 is 11.8 Å². The predicted molar refractivity (Wildman–Crippen MR) is 41.8 cm³/mol. The Morgan fingerprint density at radius 3 is 2.08 bits per heavy atom. The molecule has 0 aromatic heterocycles. The number of nitrogens with two attached hydrogens (primary N) is 1. The third-order valence-corrected chi connectivity index (χ3v) is 1.42. The zero-order valence-electron chi connectivity index (χ0n) is 6.93. The molecule has 0 saturated carbocycles. The molecule has 70 valence electrons. The Balaban J connectivity index is 3.21. The van der Waals surface area contributed by atoms with E-state index >= 15 is 0 Å². The highest BCUT2D eigenvalue weighted by molar-refractivity contribution is 5.75. The van der Waals surface area contributed by atoms with Gasteiger partial charge in [-0.15, -0.1) is 0 Å². The van der Waals surface area contributed by atoms with E-state index < -0.39 is 0 Å². The van der Waals surface area contributed by atoms with Crippen molar-refractivity contribution in [3.05, 3.63) is 0 Å². The van der Waals surface area contributed by atoms with Crippen LogP contribution in [0, 0.1) is 0 Å². The Bertz CT molecular complexity index is 142. The van der Waals surface area contributed by atoms with Crippen LogP contribution in [0.3, 0.4) is 0 Å². The first-order chi connectivity index (χ1) is 5.70. The maximum absolute atomic E-state index is 10.6. The zero-order valence-corrected chi connectivity index (χ0v) is 6.93. The molecule has 0 saturated heterocycles. The fourth-order valence-corrected chi connectivity index (χ4v) is 0.732. The Labute approximate surface area is 70.6 Å². The highest BCUT2D eigenvalue weighted by atomic mass is 16.2. The van der Waals surface area contributed by atoms with Crippen LogP contribution in [-0.4, -0.2) is 11.8 Å². The number of unbranched alkanes of at least 4 members (excludes halogenated alkanes) is 1. The van der Waals surface area contributed by atoms with E-state index in [0.717, 1.165) is 0 Å². The van der Waals surface area contributed by atoms with E-state index in [9.17, 15) is 9.59 Å². The first-order valence-electron chi connectivity index (χ1n) is 3.76. The van der Waals surface area contributed by atoms with Gasteiger partial charge in [-0.05, 0) is 12.8 Å². The van der Waals surface area contributed by atoms with Crippen LogP contribution in [0.1, 0.15) is 25.7 Å². The van der Waals surface area contributed by atoms with E-state index in [1.54, 1.807) is 0 Å². The molecule has 0 aliphatic carbocycles. The van der Waals surface area contributed by atoms with Crippen molar-refractivity contribution in [1.29, 1.82) is 0 Å². The van der Waals surface area contributed by atoms with Crippen LogP contribution < -0.4 is 22.5 Å². The summed E-state index contributed by atoms with van der Waals surface area (Å²) in [6.07, 6.45) is 2.10. The summed E-state index contributed by atoms with van der Waals surface area (Å²) < 4.78 is 0. The van der Waals surface area contributed by atoms with E-state index in [1.165, 1.54) is 0 Å². The lowest BCUT2D eigenvalue weighted by Crippen LogP contribution is -2.67. The van der Waals surface area contributed by atoms with Crippen LogP contribution in [0.5, 0.6) is 0 Å². The molecular formula is C6H15N4O2+. The van der Waals surface area contributed by atoms with Crippen molar-refractivity contribution in [2.45, 2.75) is 25.7 Å². The highest BCUT2D eigenvalue weighted by Gasteiger charge is 2.01. The molecule has 0 radical (unpaired) electrons. The molecule has 0 rings (SSSR count). The van der Waals surface area contributed by atoms with Gasteiger partial charge in [-0.3, -0.25) is 20.9 Å². The molecule has 0 bridgehead atoms. The van der Waals surface area contributed by atoms with Crippen molar-refractivity contribution in [3.8, 4) is 0 Å². The maximum atomic E-state index is 10.6. The molecule has 0 spiro atoms. The smallest absolute Gasteiger partial charge is 0.264 e. The average molecular weight is 175 g/mol. The molecule has 2 amide bonds. The lowest BCUT2D eigenvalue weighted by atomic mass is 10.2. The SMILES string of the molecule is NNC(=O)CCCCC(=O)N[NH3+]. The summed E-state index contributed by atoms with van der Waals surface area (Å²) in [5, 5.41) is 0. The van der Waals surface area contributed by atoms with Crippen LogP contribution in [0.15, 0.2) is 0 Å². The molecule has 0 fully saturated rings. The topological polar surface area (TPSA) is 112 Å². The summed E-state index contributed by atoms with van der Waals surface area (Å²) >= 11 is 0. The summed E-state index contributed by atoms with van der Waals surface area (Å²) in [4.78, 5) is 21.2. The molecule has 6 nitrogen and oxygen atoms in total. The van der Waals surface area contributed by atoms with Gasteiger partial charge in [0.2, 0.25) is 5.91 Å². The summed E-state index contributed by atoms with van der Waals surface area (Å²) in [5.74, 6) is 7.76. The van der Waals surface area contributed by atoms with Crippen LogP contribution in [-0.2, 0) is 9.59 Å². The van der Waals surface area contributed by atoms with Gasteiger partial charge in [0.25, 0.3) is 5.91 Å². The van der Waals surface area contributed by atoms with Gasteiger partial charge in [0.1, 0.15) is 0 Å². The Kier molecular flexibility index (Phi) is 5.94. The molecule has 0 atom stereocenters. The van der Waals surface area contributed by atoms with Gasteiger partial charge in [0.15, 0.2) is 0 Å². The third kappa shape index (κ3) is 5.63. The van der Waals surface area contributed by atoms with E-state index in [-0.39, 0.29) is 11.8 Å². The molecule has 0 aliphatic rings. The maximum Gasteiger partial charge on any atom is 0.264 e. The number of hydrogen-bond acceptors (Lipinski definition) is 3. The minimum absolute atomic E-state index is 0.108. The van der Waals surface area contributed by atoms with Gasteiger partial charge in [-0.2, -0.15) is 0 Å². The summed E-state index contributed by atoms with van der Waals surface area (Å²) in [5.41, 5.74) is 4.27. The number of nitrogens with one attached hydrogen (secondary N) is 2. The standard InChI is InChI=1S/C6H14N4O2/c7-9-5(11)3-1-2-4-6(12)10-8/h1-4,7-8H2,(H,9,11)(H,10,12)/p+1. The van der Waals surface area contributed by atoms with Crippen LogP contribution >= 0.6 is 0 Å². The first kappa shape index (κ1) is 10.9. The summed E-state index contributed by atoms with van der Waals surface area (Å²) in [7, 11) is 0. The highest BCUT2D eigenvalue weighted by Crippen LogP contribution is 1.98. The van der Waals surface area contributed by atoms with E-state index in [4.69, 9.17) is 5.84 Å². The number of hydrazine groups is 1. The molecule has 0 aromatic rings. The third-order valence-electron chi connectivity index (χ3n) is 1.42. The van der Waals surface area contributed by atoms with Crippen molar-refractivity contribution in [1.82, 2.24) is 10.9 Å². The second-order valence-electron chi connectivity index (χ2n) is 2.37. The minimum atomic E-state index is -0.204. The van der Waals surface area contributed by atoms with Crippen molar-refractivity contribution in [3.63, 3.8) is 0 Å². The van der Waals surface area contributed by atoms with E-state index in [1.807, 2.05) is 5.43 Å². The number of carbonyl (C=O) groups is 2. The lowest BCUT2D eigenvalue weighted by Gasteiger charge is -1.98. The van der Waals surface area contributed by atoms with Crippen LogP contribution in [0.25, 0.3) is 0 Å². The van der Waals surface area contributed by atoms with Gasteiger partial charge in [0.05, 0.1) is 0 Å². The Morgan fingerprint density at radius 2 is 1.67 bits per heavy atom. The Hall–Kier alpha value is -1.14. The number of amides is 2. The summed E-state index contributed by atoms with van der Waals surface area (Å²) in [6, 6.07) is 0. The van der Waals surface area contributed by atoms with Crippen molar-refractivity contribution in [2.24, 2.45) is 5.84 Å². The minimum Gasteiger partial charge on any atom is -0.294 e. The van der Waals surface area contributed by atoms with Crippen LogP contribution in [0.4, 0.5) is 0 Å². The largest absolute Gasteiger partial charge is 0.294 e. The molecule has 0 aromatic carbocycles. The van der Waals surface area contributed by atoms with E-state index in [0.29, 0.717) is 25.7 Å². The molecule has 7 N–H and O–H groups in total. The predicted octanol–water partition coefficient (Wildman–Crippen LogP) is -2.19. The molecule has 0 unspecified atom stereocenters. The monoisotopic (exact) mass is 175 g/mol. The fraction of sp³-hybridized carbons (Fsp3) is 0.667. The quantitative estimate of drug-likeness (QED) is 0.165. The van der Waals surface area contributed by atoms with Gasteiger partial charge in [-0.25, -0.2) is 11.3 Å². The average Bonchev–Trinajstić information content (AvgIpc) is 2.11. The first-order valence-corrected chi connectivity index (χ1v) is 3.76. The Morgan fingerprint density at radius 1 is 1.17 bits per heavy atom. The number of quaternary nitrogens is 1. The number of rotatable bonds is 5. The molecule has 0 heterocycles. The van der Waals surface area contributed by atoms with Gasteiger partial charge < -0.3 is 0 Å². The summed E-state index contributed by atoms with van der Waals surface area (Å²) in [6.45, 7) is 0. The number of hydrogen-bond donors (Lipinski definition) is 4. The molecule has 12 heavy (non-hydrogen) atoms.